The van der Waals surface area contributed by atoms with Gasteiger partial charge in [-0.2, -0.15) is 0 Å². The number of aliphatic hydroxyl groups is 1. The zero-order valence-corrected chi connectivity index (χ0v) is 12.9. The molecule has 2 amide bonds. The van der Waals surface area contributed by atoms with Crippen LogP contribution in [0.15, 0.2) is 54.6 Å². The number of phenols is 1. The van der Waals surface area contributed by atoms with Gasteiger partial charge in [-0.25, -0.2) is 4.79 Å². The number of carbonyl (C=O) groups excluding carboxylic acids is 1. The number of urea groups is 1. The quantitative estimate of drug-likeness (QED) is 0.633. The first-order chi connectivity index (χ1) is 11.2. The van der Waals surface area contributed by atoms with Crippen LogP contribution in [0, 0.1) is 0 Å². The molecule has 5 heteroatoms. The average molecular weight is 314 g/mol. The lowest BCUT2D eigenvalue weighted by Gasteiger charge is -2.18. The van der Waals surface area contributed by atoms with Gasteiger partial charge in [-0.15, -0.1) is 0 Å². The van der Waals surface area contributed by atoms with Crippen LogP contribution in [0.5, 0.6) is 5.75 Å². The van der Waals surface area contributed by atoms with E-state index in [0.717, 1.165) is 11.1 Å². The standard InChI is InChI=1S/C18H22N2O3/c21-12-10-17(15-6-2-1-3-7-15)20-18(23)19-11-9-14-5-4-8-16(22)13-14/h1-8,13,17,21-22H,9-12H2,(H2,19,20,23)/t17-/m1/s1. The predicted octanol–water partition coefficient (Wildman–Crippen LogP) is 2.36. The summed E-state index contributed by atoms with van der Waals surface area (Å²) in [4.78, 5) is 12.0. The molecule has 0 unspecified atom stereocenters. The van der Waals surface area contributed by atoms with Crippen LogP contribution in [0.2, 0.25) is 0 Å². The highest BCUT2D eigenvalue weighted by atomic mass is 16.3. The summed E-state index contributed by atoms with van der Waals surface area (Å²) in [6.07, 6.45) is 1.10. The summed E-state index contributed by atoms with van der Waals surface area (Å²) in [5.41, 5.74) is 1.92. The summed E-state index contributed by atoms with van der Waals surface area (Å²) in [5, 5.41) is 24.2. The number of aromatic hydroxyl groups is 1. The molecule has 0 aliphatic heterocycles. The Balaban J connectivity index is 1.82. The van der Waals surface area contributed by atoms with Gasteiger partial charge in [0, 0.05) is 13.2 Å². The molecule has 0 aliphatic rings. The van der Waals surface area contributed by atoms with Gasteiger partial charge in [0.2, 0.25) is 0 Å². The second kappa shape index (κ2) is 8.80. The van der Waals surface area contributed by atoms with Crippen LogP contribution in [0.3, 0.4) is 0 Å². The van der Waals surface area contributed by atoms with Crippen molar-refractivity contribution in [1.29, 1.82) is 0 Å². The van der Waals surface area contributed by atoms with Crippen LogP contribution in [0.4, 0.5) is 4.79 Å². The monoisotopic (exact) mass is 314 g/mol. The Morgan fingerprint density at radius 3 is 2.57 bits per heavy atom. The third kappa shape index (κ3) is 5.64. The molecule has 2 rings (SSSR count). The van der Waals surface area contributed by atoms with E-state index in [0.29, 0.717) is 19.4 Å². The Hall–Kier alpha value is -2.53. The van der Waals surface area contributed by atoms with Gasteiger partial charge in [-0.05, 0) is 36.1 Å². The van der Waals surface area contributed by atoms with Crippen molar-refractivity contribution in [3.05, 3.63) is 65.7 Å². The maximum atomic E-state index is 12.0. The fourth-order valence-electron chi connectivity index (χ4n) is 2.38. The molecule has 0 saturated carbocycles. The Labute approximate surface area is 136 Å². The van der Waals surface area contributed by atoms with Crippen LogP contribution >= 0.6 is 0 Å². The highest BCUT2D eigenvalue weighted by Crippen LogP contribution is 2.15. The maximum Gasteiger partial charge on any atom is 0.315 e. The van der Waals surface area contributed by atoms with Gasteiger partial charge in [0.25, 0.3) is 0 Å². The zero-order chi connectivity index (χ0) is 16.5. The number of phenolic OH excluding ortho intramolecular Hbond substituents is 1. The number of nitrogens with one attached hydrogen (secondary N) is 2. The zero-order valence-electron chi connectivity index (χ0n) is 12.9. The lowest BCUT2D eigenvalue weighted by Crippen LogP contribution is -2.39. The molecule has 2 aromatic rings. The molecule has 4 N–H and O–H groups in total. The first-order valence-corrected chi connectivity index (χ1v) is 7.67. The van der Waals surface area contributed by atoms with E-state index in [9.17, 15) is 9.90 Å². The minimum absolute atomic E-state index is 0.00311. The van der Waals surface area contributed by atoms with Crippen molar-refractivity contribution < 1.29 is 15.0 Å². The Kier molecular flexibility index (Phi) is 6.44. The molecule has 0 bridgehead atoms. The molecule has 0 saturated heterocycles. The van der Waals surface area contributed by atoms with Crippen LogP contribution in [-0.4, -0.2) is 29.4 Å². The van der Waals surface area contributed by atoms with E-state index < -0.39 is 0 Å². The molecule has 1 atom stereocenters. The topological polar surface area (TPSA) is 81.6 Å². The van der Waals surface area contributed by atoms with Gasteiger partial charge in [0.15, 0.2) is 0 Å². The fraction of sp³-hybridized carbons (Fsp3) is 0.278. The van der Waals surface area contributed by atoms with E-state index in [-0.39, 0.29) is 24.4 Å². The van der Waals surface area contributed by atoms with Crippen LogP contribution in [-0.2, 0) is 6.42 Å². The molecule has 0 radical (unpaired) electrons. The summed E-state index contributed by atoms with van der Waals surface area (Å²) in [6, 6.07) is 16.0. The molecule has 23 heavy (non-hydrogen) atoms. The highest BCUT2D eigenvalue weighted by Gasteiger charge is 2.13. The minimum Gasteiger partial charge on any atom is -0.508 e. The number of hydrogen-bond donors (Lipinski definition) is 4. The normalized spacial score (nSPS) is 11.7. The summed E-state index contributed by atoms with van der Waals surface area (Å²) in [5.74, 6) is 0.221. The number of aliphatic hydroxyl groups excluding tert-OH is 1. The molecule has 0 fully saturated rings. The third-order valence-electron chi connectivity index (χ3n) is 3.53. The predicted molar refractivity (Wildman–Crippen MR) is 89.2 cm³/mol. The summed E-state index contributed by atoms with van der Waals surface area (Å²) in [6.45, 7) is 0.471. The summed E-state index contributed by atoms with van der Waals surface area (Å²) < 4.78 is 0. The van der Waals surface area contributed by atoms with E-state index in [2.05, 4.69) is 10.6 Å². The Bertz CT molecular complexity index is 617. The second-order valence-electron chi connectivity index (χ2n) is 5.30. The number of benzene rings is 2. The third-order valence-corrected chi connectivity index (χ3v) is 3.53. The van der Waals surface area contributed by atoms with Crippen LogP contribution in [0.25, 0.3) is 0 Å². The van der Waals surface area contributed by atoms with Gasteiger partial charge >= 0.3 is 6.03 Å². The van der Waals surface area contributed by atoms with E-state index in [1.807, 2.05) is 36.4 Å². The minimum atomic E-state index is -0.271. The van der Waals surface area contributed by atoms with Crippen LogP contribution in [0.1, 0.15) is 23.6 Å². The molecular formula is C18H22N2O3. The molecule has 122 valence electrons. The van der Waals surface area contributed by atoms with Crippen molar-refractivity contribution in [2.45, 2.75) is 18.9 Å². The maximum absolute atomic E-state index is 12.0. The van der Waals surface area contributed by atoms with Crippen LogP contribution < -0.4 is 10.6 Å². The Morgan fingerprint density at radius 1 is 1.09 bits per heavy atom. The highest BCUT2D eigenvalue weighted by molar-refractivity contribution is 5.74. The Morgan fingerprint density at radius 2 is 1.87 bits per heavy atom. The first kappa shape index (κ1) is 16.8. The molecular weight excluding hydrogens is 292 g/mol. The van der Waals surface area contributed by atoms with Crippen molar-refractivity contribution in [3.8, 4) is 5.75 Å². The lowest BCUT2D eigenvalue weighted by molar-refractivity contribution is 0.229. The van der Waals surface area contributed by atoms with Gasteiger partial charge in [-0.3, -0.25) is 0 Å². The largest absolute Gasteiger partial charge is 0.508 e. The van der Waals surface area contributed by atoms with Gasteiger partial charge < -0.3 is 20.8 Å². The van der Waals surface area contributed by atoms with Crippen molar-refractivity contribution in [2.24, 2.45) is 0 Å². The first-order valence-electron chi connectivity index (χ1n) is 7.67. The summed E-state index contributed by atoms with van der Waals surface area (Å²) in [7, 11) is 0. The smallest absolute Gasteiger partial charge is 0.315 e. The number of rotatable bonds is 7. The molecule has 0 spiro atoms. The van der Waals surface area contributed by atoms with Gasteiger partial charge in [-0.1, -0.05) is 42.5 Å². The molecule has 0 aliphatic carbocycles. The molecule has 5 nitrogen and oxygen atoms in total. The van der Waals surface area contributed by atoms with E-state index in [4.69, 9.17) is 5.11 Å². The summed E-state index contributed by atoms with van der Waals surface area (Å²) >= 11 is 0. The SMILES string of the molecule is O=C(NCCc1cccc(O)c1)N[C@H](CCO)c1ccccc1. The average Bonchev–Trinajstić information content (AvgIpc) is 2.55. The van der Waals surface area contributed by atoms with Crippen molar-refractivity contribution >= 4 is 6.03 Å². The van der Waals surface area contributed by atoms with E-state index >= 15 is 0 Å². The lowest BCUT2D eigenvalue weighted by atomic mass is 10.0. The van der Waals surface area contributed by atoms with Crippen molar-refractivity contribution in [3.63, 3.8) is 0 Å². The number of hydrogen-bond acceptors (Lipinski definition) is 3. The number of carbonyl (C=O) groups is 1. The van der Waals surface area contributed by atoms with Crippen molar-refractivity contribution in [1.82, 2.24) is 10.6 Å². The number of amides is 2. The molecule has 0 aromatic heterocycles. The second-order valence-corrected chi connectivity index (χ2v) is 5.30. The molecule has 0 heterocycles. The van der Waals surface area contributed by atoms with Gasteiger partial charge in [0.05, 0.1) is 6.04 Å². The van der Waals surface area contributed by atoms with Crippen molar-refractivity contribution in [2.75, 3.05) is 13.2 Å². The van der Waals surface area contributed by atoms with E-state index in [1.54, 1.807) is 18.2 Å². The molecule has 2 aromatic carbocycles. The fourth-order valence-corrected chi connectivity index (χ4v) is 2.38. The van der Waals surface area contributed by atoms with E-state index in [1.165, 1.54) is 0 Å². The van der Waals surface area contributed by atoms with Gasteiger partial charge in [0.1, 0.15) is 5.75 Å².